The molecule has 1 heteroatoms. The molecule has 0 aliphatic carbocycles. The van der Waals surface area contributed by atoms with Crippen molar-refractivity contribution in [3.05, 3.63) is 35.9 Å². The molecule has 0 aliphatic rings. The van der Waals surface area contributed by atoms with Gasteiger partial charge in [0.25, 0.3) is 0 Å². The second-order valence-electron chi connectivity index (χ2n) is 2.34. The molecule has 1 aromatic rings. The molecule has 1 radical (unpaired) electrons. The first-order valence-electron chi connectivity index (χ1n) is 3.62. The van der Waals surface area contributed by atoms with Crippen LogP contribution in [-0.2, 0) is 6.42 Å². The van der Waals surface area contributed by atoms with Crippen molar-refractivity contribution in [3.63, 3.8) is 0 Å². The highest BCUT2D eigenvalue weighted by molar-refractivity contribution is 5.14. The smallest absolute Gasteiger partial charge is 0.0103 e. The van der Waals surface area contributed by atoms with Crippen LogP contribution in [0.4, 0.5) is 0 Å². The van der Waals surface area contributed by atoms with Gasteiger partial charge in [0.1, 0.15) is 0 Å². The first-order chi connectivity index (χ1) is 4.93. The van der Waals surface area contributed by atoms with Crippen LogP contribution in [0.1, 0.15) is 12.0 Å². The molecule has 0 heterocycles. The Morgan fingerprint density at radius 2 is 1.80 bits per heavy atom. The molecule has 0 spiro atoms. The van der Waals surface area contributed by atoms with E-state index in [0.717, 1.165) is 12.8 Å². The van der Waals surface area contributed by atoms with E-state index in [2.05, 4.69) is 12.1 Å². The molecule has 0 bridgehead atoms. The maximum atomic E-state index is 6.95. The van der Waals surface area contributed by atoms with Crippen LogP contribution in [0.5, 0.6) is 0 Å². The van der Waals surface area contributed by atoms with Crippen molar-refractivity contribution >= 4 is 0 Å². The summed E-state index contributed by atoms with van der Waals surface area (Å²) in [6.07, 6.45) is 2.02. The van der Waals surface area contributed by atoms with Crippen LogP contribution >= 0.6 is 0 Å². The van der Waals surface area contributed by atoms with Gasteiger partial charge in [0.15, 0.2) is 0 Å². The first kappa shape index (κ1) is 7.29. The molecule has 0 unspecified atom stereocenters. The minimum atomic E-state index is 0.537. The Morgan fingerprint density at radius 1 is 1.10 bits per heavy atom. The SMILES string of the molecule is [NH]CCCc1ccccc1. The van der Waals surface area contributed by atoms with E-state index in [-0.39, 0.29) is 0 Å². The summed E-state index contributed by atoms with van der Waals surface area (Å²) in [4.78, 5) is 0. The molecule has 0 fully saturated rings. The normalized spacial score (nSPS) is 9.70. The predicted octanol–water partition coefficient (Wildman–Crippen LogP) is 1.90. The van der Waals surface area contributed by atoms with Crippen LogP contribution < -0.4 is 5.73 Å². The van der Waals surface area contributed by atoms with Crippen molar-refractivity contribution in [3.8, 4) is 0 Å². The number of rotatable bonds is 3. The van der Waals surface area contributed by atoms with Crippen LogP contribution in [-0.4, -0.2) is 6.54 Å². The second-order valence-corrected chi connectivity index (χ2v) is 2.34. The van der Waals surface area contributed by atoms with Crippen molar-refractivity contribution in [2.45, 2.75) is 12.8 Å². The molecule has 0 aromatic heterocycles. The molecule has 0 aliphatic heterocycles. The van der Waals surface area contributed by atoms with E-state index in [1.165, 1.54) is 5.56 Å². The number of hydrogen-bond donors (Lipinski definition) is 0. The summed E-state index contributed by atoms with van der Waals surface area (Å²) in [5.74, 6) is 0. The minimum Gasteiger partial charge on any atom is -0.258 e. The summed E-state index contributed by atoms with van der Waals surface area (Å²) in [7, 11) is 0. The van der Waals surface area contributed by atoms with E-state index < -0.39 is 0 Å². The van der Waals surface area contributed by atoms with Crippen LogP contribution in [0.15, 0.2) is 30.3 Å². The van der Waals surface area contributed by atoms with Gasteiger partial charge in [0.2, 0.25) is 0 Å². The lowest BCUT2D eigenvalue weighted by atomic mass is 10.1. The number of benzene rings is 1. The Morgan fingerprint density at radius 3 is 2.40 bits per heavy atom. The van der Waals surface area contributed by atoms with Gasteiger partial charge in [-0.1, -0.05) is 30.3 Å². The molecule has 0 saturated heterocycles. The summed E-state index contributed by atoms with van der Waals surface area (Å²) in [6, 6.07) is 10.3. The summed E-state index contributed by atoms with van der Waals surface area (Å²) < 4.78 is 0. The van der Waals surface area contributed by atoms with Gasteiger partial charge in [-0.15, -0.1) is 0 Å². The van der Waals surface area contributed by atoms with Crippen LogP contribution in [0.3, 0.4) is 0 Å². The van der Waals surface area contributed by atoms with Crippen molar-refractivity contribution in [2.24, 2.45) is 0 Å². The second kappa shape index (κ2) is 4.07. The third-order valence-corrected chi connectivity index (χ3v) is 1.49. The molecule has 0 amide bonds. The van der Waals surface area contributed by atoms with E-state index in [4.69, 9.17) is 5.73 Å². The van der Waals surface area contributed by atoms with E-state index in [9.17, 15) is 0 Å². The molecule has 53 valence electrons. The van der Waals surface area contributed by atoms with E-state index in [1.807, 2.05) is 18.2 Å². The van der Waals surface area contributed by atoms with Crippen molar-refractivity contribution in [1.82, 2.24) is 5.73 Å². The van der Waals surface area contributed by atoms with E-state index in [1.54, 1.807) is 0 Å². The molecule has 1 rings (SSSR count). The van der Waals surface area contributed by atoms with E-state index in [0.29, 0.717) is 6.54 Å². The van der Waals surface area contributed by atoms with Crippen LogP contribution in [0.2, 0.25) is 0 Å². The molecule has 1 nitrogen and oxygen atoms in total. The monoisotopic (exact) mass is 134 g/mol. The lowest BCUT2D eigenvalue weighted by Crippen LogP contribution is -1.89. The van der Waals surface area contributed by atoms with Gasteiger partial charge < -0.3 is 0 Å². The first-order valence-corrected chi connectivity index (χ1v) is 3.62. The van der Waals surface area contributed by atoms with Gasteiger partial charge in [0, 0.05) is 6.54 Å². The van der Waals surface area contributed by atoms with Crippen molar-refractivity contribution in [2.75, 3.05) is 6.54 Å². The average Bonchev–Trinajstić information content (AvgIpc) is 2.03. The van der Waals surface area contributed by atoms with E-state index >= 15 is 0 Å². The Kier molecular flexibility index (Phi) is 2.97. The summed E-state index contributed by atoms with van der Waals surface area (Å²) in [6.45, 7) is 0.537. The molecule has 10 heavy (non-hydrogen) atoms. The zero-order valence-corrected chi connectivity index (χ0v) is 6.01. The predicted molar refractivity (Wildman–Crippen MR) is 42.7 cm³/mol. The number of hydrogen-bond acceptors (Lipinski definition) is 0. The molecular weight excluding hydrogens is 122 g/mol. The third kappa shape index (κ3) is 2.19. The fourth-order valence-electron chi connectivity index (χ4n) is 0.937. The Balaban J connectivity index is 2.43. The molecule has 0 atom stereocenters. The summed E-state index contributed by atoms with van der Waals surface area (Å²) in [5.41, 5.74) is 8.29. The lowest BCUT2D eigenvalue weighted by Gasteiger charge is -1.96. The third-order valence-electron chi connectivity index (χ3n) is 1.49. The highest BCUT2D eigenvalue weighted by atomic mass is 14.5. The Hall–Kier alpha value is -0.820. The zero-order chi connectivity index (χ0) is 7.23. The van der Waals surface area contributed by atoms with Gasteiger partial charge in [0.05, 0.1) is 0 Å². The summed E-state index contributed by atoms with van der Waals surface area (Å²) >= 11 is 0. The van der Waals surface area contributed by atoms with Crippen molar-refractivity contribution < 1.29 is 0 Å². The Bertz CT molecular complexity index is 169. The molecule has 0 saturated carbocycles. The van der Waals surface area contributed by atoms with Gasteiger partial charge >= 0.3 is 0 Å². The number of aryl methyl sites for hydroxylation is 1. The summed E-state index contributed by atoms with van der Waals surface area (Å²) in [5, 5.41) is 0. The quantitative estimate of drug-likeness (QED) is 0.603. The maximum Gasteiger partial charge on any atom is 0.0103 e. The van der Waals surface area contributed by atoms with Crippen molar-refractivity contribution in [1.29, 1.82) is 0 Å². The zero-order valence-electron chi connectivity index (χ0n) is 6.01. The minimum absolute atomic E-state index is 0.537. The highest BCUT2D eigenvalue weighted by Crippen LogP contribution is 2.00. The fraction of sp³-hybridized carbons (Fsp3) is 0.333. The molecule has 1 N–H and O–H groups in total. The van der Waals surface area contributed by atoms with Gasteiger partial charge in [-0.3, -0.25) is 5.73 Å². The Labute approximate surface area is 61.9 Å². The molecule has 1 aromatic carbocycles. The van der Waals surface area contributed by atoms with Crippen LogP contribution in [0, 0.1) is 0 Å². The maximum absolute atomic E-state index is 6.95. The average molecular weight is 134 g/mol. The highest BCUT2D eigenvalue weighted by Gasteiger charge is 1.87. The molecular formula is C9H12N. The fourth-order valence-corrected chi connectivity index (χ4v) is 0.937. The van der Waals surface area contributed by atoms with Gasteiger partial charge in [-0.05, 0) is 18.4 Å². The standard InChI is InChI=1S/C9H12N/c10-8-4-7-9-5-2-1-3-6-9/h1-3,5-6,10H,4,7-8H2. The number of nitrogens with one attached hydrogen (secondary N) is 1. The lowest BCUT2D eigenvalue weighted by molar-refractivity contribution is 0.817. The van der Waals surface area contributed by atoms with Gasteiger partial charge in [-0.25, -0.2) is 0 Å². The topological polar surface area (TPSA) is 23.8 Å². The van der Waals surface area contributed by atoms with Gasteiger partial charge in [-0.2, -0.15) is 0 Å². The van der Waals surface area contributed by atoms with Crippen LogP contribution in [0.25, 0.3) is 0 Å². The largest absolute Gasteiger partial charge is 0.258 e.